The molecule has 1 aromatic heterocycles. The number of rotatable bonds is 4. The molecule has 1 aliphatic rings. The maximum absolute atomic E-state index is 12.2. The van der Waals surface area contributed by atoms with E-state index in [0.29, 0.717) is 24.3 Å². The summed E-state index contributed by atoms with van der Waals surface area (Å²) in [6, 6.07) is -0.00281. The Morgan fingerprint density at radius 3 is 2.86 bits per heavy atom. The molecule has 0 bridgehead atoms. The number of aryl methyl sites for hydroxylation is 2. The van der Waals surface area contributed by atoms with E-state index < -0.39 is 0 Å². The van der Waals surface area contributed by atoms with Gasteiger partial charge in [-0.25, -0.2) is 9.78 Å². The van der Waals surface area contributed by atoms with Crippen LogP contribution in [0.2, 0.25) is 0 Å². The van der Waals surface area contributed by atoms with Gasteiger partial charge in [0.25, 0.3) is 0 Å². The molecule has 5 heteroatoms. The summed E-state index contributed by atoms with van der Waals surface area (Å²) in [7, 11) is 0. The minimum atomic E-state index is -0.00281. The molecule has 0 spiro atoms. The number of urea groups is 1. The van der Waals surface area contributed by atoms with Crippen molar-refractivity contribution in [3.8, 4) is 0 Å². The Hall–Kier alpha value is -1.52. The highest BCUT2D eigenvalue weighted by Gasteiger charge is 2.24. The maximum atomic E-state index is 12.2. The Labute approximate surface area is 127 Å². The molecule has 0 radical (unpaired) electrons. The highest BCUT2D eigenvalue weighted by Crippen LogP contribution is 2.23. The molecule has 1 aliphatic heterocycles. The fourth-order valence-electron chi connectivity index (χ4n) is 2.99. The molecule has 0 unspecified atom stereocenters. The largest absolute Gasteiger partial charge is 0.444 e. The van der Waals surface area contributed by atoms with Gasteiger partial charge in [-0.1, -0.05) is 13.8 Å². The summed E-state index contributed by atoms with van der Waals surface area (Å²) in [6.45, 7) is 10.4. The van der Waals surface area contributed by atoms with Gasteiger partial charge in [0.05, 0.1) is 12.2 Å². The number of piperidine rings is 1. The van der Waals surface area contributed by atoms with Gasteiger partial charge in [0.15, 0.2) is 0 Å². The monoisotopic (exact) mass is 293 g/mol. The minimum Gasteiger partial charge on any atom is -0.444 e. The van der Waals surface area contributed by atoms with Crippen LogP contribution in [0.3, 0.4) is 0 Å². The quantitative estimate of drug-likeness (QED) is 0.927. The van der Waals surface area contributed by atoms with Gasteiger partial charge < -0.3 is 14.6 Å². The molecule has 2 rings (SSSR count). The SMILES string of the molecule is Cc1nc(CNC(=O)N2CCC[C@H](CC(C)C)C2)oc1C. The number of carbonyl (C=O) groups is 1. The average Bonchev–Trinajstić information content (AvgIpc) is 2.75. The summed E-state index contributed by atoms with van der Waals surface area (Å²) in [4.78, 5) is 18.5. The number of carbonyl (C=O) groups excluding carboxylic acids is 1. The van der Waals surface area contributed by atoms with Gasteiger partial charge in [0, 0.05) is 13.1 Å². The van der Waals surface area contributed by atoms with Crippen LogP contribution in [-0.2, 0) is 6.54 Å². The molecule has 2 heterocycles. The number of amides is 2. The second-order valence-corrected chi connectivity index (χ2v) is 6.49. The number of nitrogens with one attached hydrogen (secondary N) is 1. The summed E-state index contributed by atoms with van der Waals surface area (Å²) in [6.07, 6.45) is 3.53. The standard InChI is InChI=1S/C16H27N3O2/c1-11(2)8-14-6-5-7-19(10-14)16(20)17-9-15-18-12(3)13(4)21-15/h11,14H,5-10H2,1-4H3,(H,17,20)/t14-/m1/s1. The van der Waals surface area contributed by atoms with Crippen molar-refractivity contribution in [3.05, 3.63) is 17.3 Å². The third-order valence-electron chi connectivity index (χ3n) is 4.07. The topological polar surface area (TPSA) is 58.4 Å². The van der Waals surface area contributed by atoms with Crippen LogP contribution in [0.4, 0.5) is 4.79 Å². The van der Waals surface area contributed by atoms with Gasteiger partial charge in [-0.2, -0.15) is 0 Å². The van der Waals surface area contributed by atoms with Crippen molar-refractivity contribution in [2.45, 2.75) is 53.5 Å². The Morgan fingerprint density at radius 1 is 1.48 bits per heavy atom. The highest BCUT2D eigenvalue weighted by atomic mass is 16.4. The molecule has 1 aromatic rings. The van der Waals surface area contributed by atoms with Crippen molar-refractivity contribution in [1.29, 1.82) is 0 Å². The first-order chi connectivity index (χ1) is 9.95. The van der Waals surface area contributed by atoms with Gasteiger partial charge in [-0.05, 0) is 44.9 Å². The molecule has 1 saturated heterocycles. The van der Waals surface area contributed by atoms with Crippen LogP contribution in [0.15, 0.2) is 4.42 Å². The molecule has 21 heavy (non-hydrogen) atoms. The number of likely N-dealkylation sites (tertiary alicyclic amines) is 1. The average molecular weight is 293 g/mol. The fourth-order valence-corrected chi connectivity index (χ4v) is 2.99. The van der Waals surface area contributed by atoms with Crippen molar-refractivity contribution in [2.75, 3.05) is 13.1 Å². The minimum absolute atomic E-state index is 0.00281. The molecule has 118 valence electrons. The first-order valence-corrected chi connectivity index (χ1v) is 7.91. The van der Waals surface area contributed by atoms with Crippen LogP contribution >= 0.6 is 0 Å². The van der Waals surface area contributed by atoms with Crippen LogP contribution in [0, 0.1) is 25.7 Å². The lowest BCUT2D eigenvalue weighted by Gasteiger charge is -2.33. The Bertz CT molecular complexity index is 462. The number of aromatic nitrogens is 1. The molecule has 1 fully saturated rings. The lowest BCUT2D eigenvalue weighted by Crippen LogP contribution is -2.45. The van der Waals surface area contributed by atoms with Crippen LogP contribution in [-0.4, -0.2) is 29.0 Å². The molecular formula is C16H27N3O2. The lowest BCUT2D eigenvalue weighted by molar-refractivity contribution is 0.156. The zero-order valence-corrected chi connectivity index (χ0v) is 13.6. The van der Waals surface area contributed by atoms with Crippen molar-refractivity contribution in [3.63, 3.8) is 0 Å². The number of hydrogen-bond acceptors (Lipinski definition) is 3. The summed E-state index contributed by atoms with van der Waals surface area (Å²) in [5.41, 5.74) is 0.884. The summed E-state index contributed by atoms with van der Waals surface area (Å²) >= 11 is 0. The van der Waals surface area contributed by atoms with Crippen molar-refractivity contribution in [2.24, 2.45) is 11.8 Å². The third-order valence-corrected chi connectivity index (χ3v) is 4.07. The zero-order chi connectivity index (χ0) is 15.4. The Morgan fingerprint density at radius 2 is 2.24 bits per heavy atom. The molecule has 0 aromatic carbocycles. The van der Waals surface area contributed by atoms with E-state index in [-0.39, 0.29) is 6.03 Å². The zero-order valence-electron chi connectivity index (χ0n) is 13.6. The van der Waals surface area contributed by atoms with E-state index in [2.05, 4.69) is 24.1 Å². The summed E-state index contributed by atoms with van der Waals surface area (Å²) in [5.74, 6) is 2.72. The van der Waals surface area contributed by atoms with Crippen LogP contribution in [0.1, 0.15) is 50.5 Å². The Kier molecular flexibility index (Phi) is 5.26. The highest BCUT2D eigenvalue weighted by molar-refractivity contribution is 5.74. The predicted molar refractivity (Wildman–Crippen MR) is 82.0 cm³/mol. The van der Waals surface area contributed by atoms with Crippen molar-refractivity contribution < 1.29 is 9.21 Å². The van der Waals surface area contributed by atoms with E-state index in [1.807, 2.05) is 18.7 Å². The fraction of sp³-hybridized carbons (Fsp3) is 0.750. The number of oxazole rings is 1. The van der Waals surface area contributed by atoms with E-state index >= 15 is 0 Å². The number of nitrogens with zero attached hydrogens (tertiary/aromatic N) is 2. The molecular weight excluding hydrogens is 266 g/mol. The lowest BCUT2D eigenvalue weighted by atomic mass is 9.90. The molecule has 0 saturated carbocycles. The normalized spacial score (nSPS) is 19.1. The van der Waals surface area contributed by atoms with Crippen LogP contribution in [0.5, 0.6) is 0 Å². The van der Waals surface area contributed by atoms with Gasteiger partial charge in [0.1, 0.15) is 5.76 Å². The van der Waals surface area contributed by atoms with Gasteiger partial charge in [-0.15, -0.1) is 0 Å². The van der Waals surface area contributed by atoms with E-state index in [1.54, 1.807) is 0 Å². The van der Waals surface area contributed by atoms with E-state index in [0.717, 1.165) is 31.0 Å². The first-order valence-electron chi connectivity index (χ1n) is 7.91. The van der Waals surface area contributed by atoms with Gasteiger partial charge in [-0.3, -0.25) is 0 Å². The first kappa shape index (κ1) is 15.9. The molecule has 1 N–H and O–H groups in total. The smallest absolute Gasteiger partial charge is 0.317 e. The maximum Gasteiger partial charge on any atom is 0.317 e. The van der Waals surface area contributed by atoms with Crippen LogP contribution in [0.25, 0.3) is 0 Å². The van der Waals surface area contributed by atoms with Gasteiger partial charge in [0.2, 0.25) is 5.89 Å². The molecule has 0 aliphatic carbocycles. The molecule has 5 nitrogen and oxygen atoms in total. The Balaban J connectivity index is 1.82. The molecule has 2 amide bonds. The van der Waals surface area contributed by atoms with Crippen LogP contribution < -0.4 is 5.32 Å². The van der Waals surface area contributed by atoms with Crippen molar-refractivity contribution >= 4 is 6.03 Å². The van der Waals surface area contributed by atoms with Crippen molar-refractivity contribution in [1.82, 2.24) is 15.2 Å². The second-order valence-electron chi connectivity index (χ2n) is 6.49. The van der Waals surface area contributed by atoms with E-state index in [9.17, 15) is 4.79 Å². The summed E-state index contributed by atoms with van der Waals surface area (Å²) in [5, 5.41) is 2.91. The second kappa shape index (κ2) is 6.96. The van der Waals surface area contributed by atoms with E-state index in [4.69, 9.17) is 4.42 Å². The van der Waals surface area contributed by atoms with E-state index in [1.165, 1.54) is 12.8 Å². The predicted octanol–water partition coefficient (Wildman–Crippen LogP) is 3.26. The number of hydrogen-bond donors (Lipinski definition) is 1. The van der Waals surface area contributed by atoms with Gasteiger partial charge >= 0.3 is 6.03 Å². The third kappa shape index (κ3) is 4.48. The summed E-state index contributed by atoms with van der Waals surface area (Å²) < 4.78 is 5.48. The molecule has 1 atom stereocenters.